The minimum absolute atomic E-state index is 0.104. The summed E-state index contributed by atoms with van der Waals surface area (Å²) in [5.41, 5.74) is 0. The van der Waals surface area contributed by atoms with E-state index in [1.54, 1.807) is 0 Å². The molecule has 17 nitrogen and oxygen atoms in total. The molecule has 486 valence electrons. The molecule has 0 amide bonds. The lowest BCUT2D eigenvalue weighted by Crippen LogP contribution is -2.30. The Morgan fingerprint density at radius 2 is 0.561 bits per heavy atom. The van der Waals surface area contributed by atoms with Crippen molar-refractivity contribution in [2.24, 2.45) is 11.8 Å². The number of carbonyl (C=O) groups is 4. The molecule has 0 fully saturated rings. The number of ether oxygens (including phenoxy) is 4. The molecule has 0 aromatic carbocycles. The first-order chi connectivity index (χ1) is 39.4. The average Bonchev–Trinajstić information content (AvgIpc) is 3.45. The number of phosphoric ester groups is 2. The number of aliphatic hydroxyl groups is 1. The first-order valence-electron chi connectivity index (χ1n) is 33.0. The van der Waals surface area contributed by atoms with Crippen molar-refractivity contribution >= 4 is 39.5 Å². The number of aliphatic hydroxyl groups excluding tert-OH is 1. The van der Waals surface area contributed by atoms with Crippen molar-refractivity contribution in [3.05, 3.63) is 0 Å². The van der Waals surface area contributed by atoms with Crippen molar-refractivity contribution in [2.45, 2.75) is 330 Å². The molecule has 0 aromatic heterocycles. The molecule has 0 aliphatic rings. The van der Waals surface area contributed by atoms with E-state index in [1.807, 2.05) is 0 Å². The summed E-state index contributed by atoms with van der Waals surface area (Å²) in [5, 5.41) is 10.5. The Balaban J connectivity index is 5.09. The van der Waals surface area contributed by atoms with Crippen LogP contribution in [0.5, 0.6) is 0 Å². The first kappa shape index (κ1) is 80.1. The predicted molar refractivity (Wildman–Crippen MR) is 326 cm³/mol. The monoisotopic (exact) mass is 1210 g/mol. The number of hydrogen-bond donors (Lipinski definition) is 3. The minimum Gasteiger partial charge on any atom is -0.462 e. The van der Waals surface area contributed by atoms with E-state index in [-0.39, 0.29) is 25.7 Å². The van der Waals surface area contributed by atoms with E-state index in [1.165, 1.54) is 116 Å². The molecule has 0 saturated heterocycles. The highest BCUT2D eigenvalue weighted by atomic mass is 31.2. The first-order valence-corrected chi connectivity index (χ1v) is 36.0. The number of unbranched alkanes of at least 4 members (excludes halogenated alkanes) is 32. The maximum absolute atomic E-state index is 13.0. The van der Waals surface area contributed by atoms with Gasteiger partial charge in [-0.3, -0.25) is 37.3 Å². The van der Waals surface area contributed by atoms with Gasteiger partial charge in [0.05, 0.1) is 26.4 Å². The van der Waals surface area contributed by atoms with Gasteiger partial charge in [-0.25, -0.2) is 9.13 Å². The fourth-order valence-electron chi connectivity index (χ4n) is 9.35. The highest BCUT2D eigenvalue weighted by Gasteiger charge is 2.30. The van der Waals surface area contributed by atoms with Gasteiger partial charge in [-0.1, -0.05) is 260 Å². The van der Waals surface area contributed by atoms with E-state index in [0.717, 1.165) is 109 Å². The molecule has 3 N–H and O–H groups in total. The van der Waals surface area contributed by atoms with E-state index in [4.69, 9.17) is 37.0 Å². The Bertz CT molecular complexity index is 1620. The standard InChI is InChI=1S/C63H122O17P2/c1-7-9-11-13-14-23-27-35-41-47-62(67)79-58(51-73-60(65)45-39-31-12-10-8-2)53-77-81(69,70)75-49-57(64)50-76-82(71,72)78-54-59(52-74-61(66)46-40-34-30-29-33-38-44-56(5)6)80-63(68)48-42-36-28-25-22-20-18-16-15-17-19-21-24-26-32-37-43-55(3)4/h55-59,64H,7-54H2,1-6H3,(H,69,70)(H,71,72)/t57-,58+,59+/m0/s1. The largest absolute Gasteiger partial charge is 0.472 e. The third kappa shape index (κ3) is 57.2. The zero-order valence-electron chi connectivity index (χ0n) is 52.8. The summed E-state index contributed by atoms with van der Waals surface area (Å²) in [6.45, 7) is 9.33. The molecule has 0 saturated carbocycles. The molecule has 0 radical (unpaired) electrons. The number of carbonyl (C=O) groups excluding carboxylic acids is 4. The van der Waals surface area contributed by atoms with Crippen LogP contribution in [0.1, 0.15) is 311 Å². The molecule has 5 atom stereocenters. The van der Waals surface area contributed by atoms with Crippen molar-refractivity contribution in [3.8, 4) is 0 Å². The molecule has 0 heterocycles. The molecule has 0 rings (SSSR count). The normalized spacial score (nSPS) is 14.3. The van der Waals surface area contributed by atoms with E-state index in [9.17, 15) is 43.2 Å². The van der Waals surface area contributed by atoms with Crippen LogP contribution >= 0.6 is 15.6 Å². The summed E-state index contributed by atoms with van der Waals surface area (Å²) in [6, 6.07) is 0. The van der Waals surface area contributed by atoms with Crippen LogP contribution < -0.4 is 0 Å². The molecular weight excluding hydrogens is 1090 g/mol. The number of rotatable bonds is 62. The van der Waals surface area contributed by atoms with E-state index >= 15 is 0 Å². The van der Waals surface area contributed by atoms with Gasteiger partial charge in [-0.2, -0.15) is 0 Å². The lowest BCUT2D eigenvalue weighted by Gasteiger charge is -2.21. The van der Waals surface area contributed by atoms with Gasteiger partial charge in [0.1, 0.15) is 19.3 Å². The molecule has 0 aromatic rings. The highest BCUT2D eigenvalue weighted by Crippen LogP contribution is 2.45. The summed E-state index contributed by atoms with van der Waals surface area (Å²) in [7, 11) is -9.87. The van der Waals surface area contributed by atoms with Crippen LogP contribution in [0.3, 0.4) is 0 Å². The predicted octanol–water partition coefficient (Wildman–Crippen LogP) is 17.3. The van der Waals surface area contributed by atoms with Gasteiger partial charge in [0.15, 0.2) is 12.2 Å². The smallest absolute Gasteiger partial charge is 0.462 e. The molecular formula is C63H122O17P2. The Morgan fingerprint density at radius 3 is 0.829 bits per heavy atom. The molecule has 0 aliphatic heterocycles. The van der Waals surface area contributed by atoms with Gasteiger partial charge < -0.3 is 33.8 Å². The molecule has 2 unspecified atom stereocenters. The molecule has 82 heavy (non-hydrogen) atoms. The summed E-state index contributed by atoms with van der Waals surface area (Å²) < 4.78 is 67.7. The van der Waals surface area contributed by atoms with Gasteiger partial charge in [-0.05, 0) is 37.5 Å². The summed E-state index contributed by atoms with van der Waals surface area (Å²) in [4.78, 5) is 71.8. The number of hydrogen-bond acceptors (Lipinski definition) is 15. The van der Waals surface area contributed by atoms with E-state index < -0.39 is 97.5 Å². The van der Waals surface area contributed by atoms with Crippen molar-refractivity contribution < 1.29 is 80.2 Å². The fourth-order valence-corrected chi connectivity index (χ4v) is 10.9. The third-order valence-electron chi connectivity index (χ3n) is 14.5. The van der Waals surface area contributed by atoms with Crippen molar-refractivity contribution in [3.63, 3.8) is 0 Å². The molecule has 19 heteroatoms. The van der Waals surface area contributed by atoms with Gasteiger partial charge in [0, 0.05) is 25.7 Å². The molecule has 0 spiro atoms. The number of esters is 4. The lowest BCUT2D eigenvalue weighted by molar-refractivity contribution is -0.161. The van der Waals surface area contributed by atoms with Gasteiger partial charge in [0.2, 0.25) is 0 Å². The maximum Gasteiger partial charge on any atom is 0.472 e. The van der Waals surface area contributed by atoms with Crippen molar-refractivity contribution in [1.29, 1.82) is 0 Å². The quantitative estimate of drug-likeness (QED) is 0.0222. The SMILES string of the molecule is CCCCCCCCCCCC(=O)O[C@H](COC(=O)CCCCCCC)COP(=O)(O)OC[C@H](O)COP(=O)(O)OC[C@@H](COC(=O)CCCCCCCCC(C)C)OC(=O)CCCCCCCCCCCCCCCCCCC(C)C. The highest BCUT2D eigenvalue weighted by molar-refractivity contribution is 7.47. The van der Waals surface area contributed by atoms with Crippen LogP contribution in [-0.4, -0.2) is 96.7 Å². The Labute approximate surface area is 498 Å². The van der Waals surface area contributed by atoms with Crippen LogP contribution in [0, 0.1) is 11.8 Å². The molecule has 0 bridgehead atoms. The minimum atomic E-state index is -4.94. The third-order valence-corrected chi connectivity index (χ3v) is 16.4. The van der Waals surface area contributed by atoms with Crippen molar-refractivity contribution in [1.82, 2.24) is 0 Å². The topological polar surface area (TPSA) is 237 Å². The average molecular weight is 1210 g/mol. The Hall–Kier alpha value is -1.94. The van der Waals surface area contributed by atoms with Crippen LogP contribution in [0.2, 0.25) is 0 Å². The second-order valence-electron chi connectivity index (χ2n) is 23.7. The second kappa shape index (κ2) is 55.6. The second-order valence-corrected chi connectivity index (χ2v) is 26.7. The Morgan fingerprint density at radius 1 is 0.329 bits per heavy atom. The maximum atomic E-state index is 13.0. The fraction of sp³-hybridized carbons (Fsp3) is 0.937. The van der Waals surface area contributed by atoms with Gasteiger partial charge >= 0.3 is 39.5 Å². The van der Waals surface area contributed by atoms with E-state index in [0.29, 0.717) is 31.6 Å². The number of phosphoric acid groups is 2. The Kier molecular flexibility index (Phi) is 54.3. The molecule has 0 aliphatic carbocycles. The summed E-state index contributed by atoms with van der Waals surface area (Å²) in [6.07, 6.45) is 38.2. The van der Waals surface area contributed by atoms with Crippen LogP contribution in [-0.2, 0) is 65.4 Å². The van der Waals surface area contributed by atoms with Crippen LogP contribution in [0.25, 0.3) is 0 Å². The van der Waals surface area contributed by atoms with Crippen molar-refractivity contribution in [2.75, 3.05) is 39.6 Å². The summed E-state index contributed by atoms with van der Waals surface area (Å²) >= 11 is 0. The lowest BCUT2D eigenvalue weighted by atomic mass is 10.0. The van der Waals surface area contributed by atoms with Crippen LogP contribution in [0.15, 0.2) is 0 Å². The van der Waals surface area contributed by atoms with Gasteiger partial charge in [0.25, 0.3) is 0 Å². The van der Waals surface area contributed by atoms with E-state index in [2.05, 4.69) is 41.5 Å². The zero-order chi connectivity index (χ0) is 60.8. The van der Waals surface area contributed by atoms with Gasteiger partial charge in [-0.15, -0.1) is 0 Å². The van der Waals surface area contributed by atoms with Crippen LogP contribution in [0.4, 0.5) is 0 Å². The summed E-state index contributed by atoms with van der Waals surface area (Å²) in [5.74, 6) is -0.661. The zero-order valence-corrected chi connectivity index (χ0v) is 54.6.